The van der Waals surface area contributed by atoms with Gasteiger partial charge in [-0.25, -0.2) is 0 Å². The first-order chi connectivity index (χ1) is 10.8. The van der Waals surface area contributed by atoms with Crippen molar-refractivity contribution >= 4 is 0 Å². The summed E-state index contributed by atoms with van der Waals surface area (Å²) in [4.78, 5) is 0. The Kier molecular flexibility index (Phi) is 7.10. The average Bonchev–Trinajstić information content (AvgIpc) is 2.59. The van der Waals surface area contributed by atoms with E-state index in [0.29, 0.717) is 0 Å². The van der Waals surface area contributed by atoms with Gasteiger partial charge in [-0.15, -0.1) is 0 Å². The minimum absolute atomic E-state index is 0.417. The van der Waals surface area contributed by atoms with Crippen molar-refractivity contribution in [1.29, 1.82) is 0 Å². The summed E-state index contributed by atoms with van der Waals surface area (Å²) in [6.07, 6.45) is 1.30. The molecule has 0 saturated carbocycles. The van der Waals surface area contributed by atoms with Crippen LogP contribution in [0.25, 0.3) is 11.1 Å². The van der Waals surface area contributed by atoms with Crippen molar-refractivity contribution in [2.45, 2.75) is 18.9 Å². The van der Waals surface area contributed by atoms with Crippen LogP contribution in [-0.4, -0.2) is 31.9 Å². The zero-order valence-electron chi connectivity index (χ0n) is 13.2. The molecule has 0 aromatic heterocycles. The lowest BCUT2D eigenvalue weighted by Gasteiger charge is -2.12. The molecule has 1 atom stereocenters. The summed E-state index contributed by atoms with van der Waals surface area (Å²) in [7, 11) is 1.71. The van der Waals surface area contributed by atoms with Crippen LogP contribution in [0, 0.1) is 0 Å². The van der Waals surface area contributed by atoms with Crippen molar-refractivity contribution in [2.24, 2.45) is 0 Å². The highest BCUT2D eigenvalue weighted by Crippen LogP contribution is 2.22. The number of rotatable bonds is 9. The average molecular weight is 299 g/mol. The van der Waals surface area contributed by atoms with E-state index in [0.717, 1.165) is 38.1 Å². The lowest BCUT2D eigenvalue weighted by Crippen LogP contribution is -2.19. The summed E-state index contributed by atoms with van der Waals surface area (Å²) in [5.41, 5.74) is 3.34. The van der Waals surface area contributed by atoms with Gasteiger partial charge in [0.25, 0.3) is 0 Å². The van der Waals surface area contributed by atoms with Crippen LogP contribution in [0.5, 0.6) is 0 Å². The monoisotopic (exact) mass is 299 g/mol. The Morgan fingerprint density at radius 2 is 1.64 bits per heavy atom. The first kappa shape index (κ1) is 16.7. The molecule has 0 fully saturated rings. The fourth-order valence-corrected chi connectivity index (χ4v) is 2.40. The minimum Gasteiger partial charge on any atom is -0.388 e. The highest BCUT2D eigenvalue weighted by molar-refractivity contribution is 5.63. The number of ether oxygens (including phenoxy) is 1. The van der Waals surface area contributed by atoms with Gasteiger partial charge in [0.2, 0.25) is 0 Å². The second-order valence-corrected chi connectivity index (χ2v) is 5.39. The fourth-order valence-electron chi connectivity index (χ4n) is 2.40. The Hall–Kier alpha value is -1.68. The molecule has 2 N–H and O–H groups in total. The Balaban J connectivity index is 1.80. The summed E-state index contributed by atoms with van der Waals surface area (Å²) in [6, 6.07) is 18.4. The van der Waals surface area contributed by atoms with E-state index < -0.39 is 6.10 Å². The summed E-state index contributed by atoms with van der Waals surface area (Å²) in [6.45, 7) is 2.51. The van der Waals surface area contributed by atoms with Gasteiger partial charge >= 0.3 is 0 Å². The number of nitrogens with one attached hydrogen (secondary N) is 1. The van der Waals surface area contributed by atoms with Crippen LogP contribution in [0.1, 0.15) is 24.5 Å². The van der Waals surface area contributed by atoms with Crippen molar-refractivity contribution < 1.29 is 9.84 Å². The number of aliphatic hydroxyl groups excluding tert-OH is 1. The maximum atomic E-state index is 10.2. The van der Waals surface area contributed by atoms with E-state index in [2.05, 4.69) is 29.6 Å². The Morgan fingerprint density at radius 3 is 2.32 bits per heavy atom. The number of methoxy groups -OCH3 is 1. The third-order valence-corrected chi connectivity index (χ3v) is 3.70. The van der Waals surface area contributed by atoms with E-state index in [1.807, 2.05) is 30.3 Å². The molecular formula is C19H25NO2. The highest BCUT2D eigenvalue weighted by Gasteiger charge is 2.07. The van der Waals surface area contributed by atoms with Crippen molar-refractivity contribution in [1.82, 2.24) is 5.32 Å². The molecule has 0 heterocycles. The molecule has 0 radical (unpaired) electrons. The molecule has 0 spiro atoms. The van der Waals surface area contributed by atoms with Crippen molar-refractivity contribution in [3.05, 3.63) is 60.2 Å². The Labute approximate surface area is 133 Å². The molecule has 0 amide bonds. The van der Waals surface area contributed by atoms with Crippen LogP contribution in [0.15, 0.2) is 54.6 Å². The lowest BCUT2D eigenvalue weighted by atomic mass is 10.0. The first-order valence-electron chi connectivity index (χ1n) is 7.84. The van der Waals surface area contributed by atoms with Gasteiger partial charge in [0.05, 0.1) is 6.10 Å². The molecule has 0 saturated heterocycles. The van der Waals surface area contributed by atoms with E-state index in [1.165, 1.54) is 11.1 Å². The lowest BCUT2D eigenvalue weighted by molar-refractivity contribution is 0.165. The van der Waals surface area contributed by atoms with E-state index in [1.54, 1.807) is 7.11 Å². The fraction of sp³-hybridized carbons (Fsp3) is 0.368. The van der Waals surface area contributed by atoms with Crippen LogP contribution in [0.4, 0.5) is 0 Å². The standard InChI is InChI=1S/C19H25NO2/c1-22-15-5-13-20-14-12-19(21)18-10-8-17(9-11-18)16-6-3-2-4-7-16/h2-4,6-11,19-21H,5,12-15H2,1H3. The zero-order chi connectivity index (χ0) is 15.6. The minimum atomic E-state index is -0.417. The predicted octanol–water partition coefficient (Wildman–Crippen LogP) is 3.40. The maximum Gasteiger partial charge on any atom is 0.0802 e. The van der Waals surface area contributed by atoms with Crippen molar-refractivity contribution in [3.63, 3.8) is 0 Å². The number of hydrogen-bond acceptors (Lipinski definition) is 3. The molecule has 3 heteroatoms. The first-order valence-corrected chi connectivity index (χ1v) is 7.84. The van der Waals surface area contributed by atoms with Crippen molar-refractivity contribution in [2.75, 3.05) is 26.8 Å². The highest BCUT2D eigenvalue weighted by atomic mass is 16.5. The number of benzene rings is 2. The largest absolute Gasteiger partial charge is 0.388 e. The molecular weight excluding hydrogens is 274 g/mol. The molecule has 3 nitrogen and oxygen atoms in total. The van der Waals surface area contributed by atoms with E-state index in [4.69, 9.17) is 4.74 Å². The maximum absolute atomic E-state index is 10.2. The Morgan fingerprint density at radius 1 is 0.955 bits per heavy atom. The number of aliphatic hydroxyl groups is 1. The molecule has 0 aliphatic carbocycles. The molecule has 0 aliphatic rings. The van der Waals surface area contributed by atoms with Crippen LogP contribution in [-0.2, 0) is 4.74 Å². The Bertz CT molecular complexity index is 525. The molecule has 2 rings (SSSR count). The van der Waals surface area contributed by atoms with Gasteiger partial charge in [-0.05, 0) is 42.6 Å². The zero-order valence-corrected chi connectivity index (χ0v) is 13.2. The van der Waals surface area contributed by atoms with Gasteiger partial charge in [0.15, 0.2) is 0 Å². The van der Waals surface area contributed by atoms with Gasteiger partial charge in [-0.1, -0.05) is 54.6 Å². The molecule has 2 aromatic rings. The summed E-state index contributed by atoms with van der Waals surface area (Å²) in [5.74, 6) is 0. The summed E-state index contributed by atoms with van der Waals surface area (Å²) in [5, 5.41) is 13.5. The van der Waals surface area contributed by atoms with Gasteiger partial charge in [0, 0.05) is 13.7 Å². The predicted molar refractivity (Wildman–Crippen MR) is 90.8 cm³/mol. The summed E-state index contributed by atoms with van der Waals surface area (Å²) >= 11 is 0. The van der Waals surface area contributed by atoms with Gasteiger partial charge in [0.1, 0.15) is 0 Å². The van der Waals surface area contributed by atoms with Crippen LogP contribution < -0.4 is 5.32 Å². The van der Waals surface area contributed by atoms with Gasteiger partial charge in [-0.2, -0.15) is 0 Å². The van der Waals surface area contributed by atoms with Gasteiger partial charge in [-0.3, -0.25) is 0 Å². The molecule has 22 heavy (non-hydrogen) atoms. The van der Waals surface area contributed by atoms with E-state index in [9.17, 15) is 5.11 Å². The molecule has 0 bridgehead atoms. The molecule has 0 aliphatic heterocycles. The molecule has 118 valence electrons. The number of hydrogen-bond donors (Lipinski definition) is 2. The third-order valence-electron chi connectivity index (χ3n) is 3.70. The van der Waals surface area contributed by atoms with Crippen LogP contribution in [0.2, 0.25) is 0 Å². The second-order valence-electron chi connectivity index (χ2n) is 5.39. The van der Waals surface area contributed by atoms with Crippen LogP contribution >= 0.6 is 0 Å². The smallest absolute Gasteiger partial charge is 0.0802 e. The van der Waals surface area contributed by atoms with Crippen molar-refractivity contribution in [3.8, 4) is 11.1 Å². The van der Waals surface area contributed by atoms with Gasteiger partial charge < -0.3 is 15.2 Å². The quantitative estimate of drug-likeness (QED) is 0.697. The normalized spacial score (nSPS) is 12.3. The molecule has 1 unspecified atom stereocenters. The molecule has 2 aromatic carbocycles. The van der Waals surface area contributed by atoms with Crippen LogP contribution in [0.3, 0.4) is 0 Å². The summed E-state index contributed by atoms with van der Waals surface area (Å²) < 4.78 is 5.00. The third kappa shape index (κ3) is 5.26. The second kappa shape index (κ2) is 9.36. The van der Waals surface area contributed by atoms with E-state index >= 15 is 0 Å². The SMILES string of the molecule is COCCCNCCC(O)c1ccc(-c2ccccc2)cc1. The topological polar surface area (TPSA) is 41.5 Å². The van der Waals surface area contributed by atoms with E-state index in [-0.39, 0.29) is 0 Å².